The third-order valence-corrected chi connectivity index (χ3v) is 3.44. The second-order valence-corrected chi connectivity index (χ2v) is 5.22. The standard InChI is InChI=1S/C16H13F3N4O2/c1-10(13-7-4-8-25-13)21-22-14(24)9-23-12-6-3-2-5-11(12)20-15(23)16(17,18)19/h2-8H,9H2,1H3,(H,22,24). The monoisotopic (exact) mass is 350 g/mol. The topological polar surface area (TPSA) is 72.4 Å². The Balaban J connectivity index is 1.85. The molecule has 0 spiro atoms. The molecule has 6 nitrogen and oxygen atoms in total. The number of imidazole rings is 1. The second-order valence-electron chi connectivity index (χ2n) is 5.22. The predicted octanol–water partition coefficient (Wildman–Crippen LogP) is 3.19. The van der Waals surface area contributed by atoms with Gasteiger partial charge in [0.05, 0.1) is 17.3 Å². The smallest absolute Gasteiger partial charge is 0.449 e. The van der Waals surface area contributed by atoms with Gasteiger partial charge in [-0.15, -0.1) is 0 Å². The number of fused-ring (bicyclic) bond motifs is 1. The zero-order valence-electron chi connectivity index (χ0n) is 13.0. The van der Waals surface area contributed by atoms with Crippen molar-refractivity contribution in [2.45, 2.75) is 19.6 Å². The molecule has 1 amide bonds. The van der Waals surface area contributed by atoms with Gasteiger partial charge in [0.25, 0.3) is 5.91 Å². The van der Waals surface area contributed by atoms with E-state index in [-0.39, 0.29) is 11.0 Å². The lowest BCUT2D eigenvalue weighted by molar-refractivity contribution is -0.147. The van der Waals surface area contributed by atoms with Crippen molar-refractivity contribution in [1.82, 2.24) is 15.0 Å². The average molecular weight is 350 g/mol. The highest BCUT2D eigenvalue weighted by atomic mass is 19.4. The molecular weight excluding hydrogens is 337 g/mol. The van der Waals surface area contributed by atoms with Gasteiger partial charge in [-0.3, -0.25) is 4.79 Å². The Bertz CT molecular complexity index is 927. The zero-order chi connectivity index (χ0) is 18.0. The maximum Gasteiger partial charge on any atom is 0.449 e. The third-order valence-electron chi connectivity index (χ3n) is 3.44. The minimum absolute atomic E-state index is 0.165. The van der Waals surface area contributed by atoms with Gasteiger partial charge in [0.1, 0.15) is 18.0 Å². The van der Waals surface area contributed by atoms with E-state index in [0.29, 0.717) is 11.5 Å². The van der Waals surface area contributed by atoms with Crippen molar-refractivity contribution in [2.24, 2.45) is 5.10 Å². The van der Waals surface area contributed by atoms with Crippen molar-refractivity contribution in [3.63, 3.8) is 0 Å². The molecule has 3 aromatic rings. The molecule has 0 aliphatic carbocycles. The first-order valence-corrected chi connectivity index (χ1v) is 7.26. The van der Waals surface area contributed by atoms with Gasteiger partial charge in [0.15, 0.2) is 0 Å². The number of hydrogen-bond acceptors (Lipinski definition) is 4. The van der Waals surface area contributed by atoms with Crippen LogP contribution in [0.25, 0.3) is 11.0 Å². The summed E-state index contributed by atoms with van der Waals surface area (Å²) in [6.07, 6.45) is -3.23. The molecule has 25 heavy (non-hydrogen) atoms. The number of furan rings is 1. The van der Waals surface area contributed by atoms with Crippen molar-refractivity contribution in [1.29, 1.82) is 0 Å². The number of amides is 1. The van der Waals surface area contributed by atoms with Gasteiger partial charge in [-0.25, -0.2) is 10.4 Å². The highest BCUT2D eigenvalue weighted by Gasteiger charge is 2.37. The Kier molecular flexibility index (Phi) is 4.30. The Hall–Kier alpha value is -3.10. The van der Waals surface area contributed by atoms with Gasteiger partial charge in [-0.1, -0.05) is 12.1 Å². The molecule has 2 aromatic heterocycles. The van der Waals surface area contributed by atoms with Gasteiger partial charge in [-0.05, 0) is 31.2 Å². The van der Waals surface area contributed by atoms with E-state index in [9.17, 15) is 18.0 Å². The average Bonchev–Trinajstić information content (AvgIpc) is 3.20. The number of carbonyl (C=O) groups is 1. The van der Waals surface area contributed by atoms with Crippen molar-refractivity contribution in [3.8, 4) is 0 Å². The van der Waals surface area contributed by atoms with E-state index < -0.39 is 24.5 Å². The summed E-state index contributed by atoms with van der Waals surface area (Å²) in [7, 11) is 0. The summed E-state index contributed by atoms with van der Waals surface area (Å²) in [5.41, 5.74) is 3.00. The van der Waals surface area contributed by atoms with Crippen LogP contribution in [0.4, 0.5) is 13.2 Å². The molecule has 0 bridgehead atoms. The Morgan fingerprint density at radius 1 is 1.28 bits per heavy atom. The molecular formula is C16H13F3N4O2. The number of nitrogens with zero attached hydrogens (tertiary/aromatic N) is 3. The van der Waals surface area contributed by atoms with Crippen LogP contribution in [0.15, 0.2) is 52.2 Å². The fourth-order valence-corrected chi connectivity index (χ4v) is 2.32. The molecule has 0 fully saturated rings. The highest BCUT2D eigenvalue weighted by Crippen LogP contribution is 2.31. The molecule has 0 aliphatic heterocycles. The second kappa shape index (κ2) is 6.42. The largest absolute Gasteiger partial charge is 0.463 e. The molecule has 2 heterocycles. The lowest BCUT2D eigenvalue weighted by Gasteiger charge is -2.10. The van der Waals surface area contributed by atoms with Crippen molar-refractivity contribution in [3.05, 3.63) is 54.2 Å². The first kappa shape index (κ1) is 16.7. The van der Waals surface area contributed by atoms with Crippen molar-refractivity contribution >= 4 is 22.7 Å². The summed E-state index contributed by atoms with van der Waals surface area (Å²) < 4.78 is 45.5. The molecule has 9 heteroatoms. The van der Waals surface area contributed by atoms with Crippen LogP contribution in [0.5, 0.6) is 0 Å². The van der Waals surface area contributed by atoms with Crippen LogP contribution in [-0.4, -0.2) is 21.2 Å². The predicted molar refractivity (Wildman–Crippen MR) is 83.8 cm³/mol. The number of rotatable bonds is 4. The number of hydrazone groups is 1. The molecule has 1 N–H and O–H groups in total. The van der Waals surface area contributed by atoms with E-state index in [1.807, 2.05) is 0 Å². The Morgan fingerprint density at radius 2 is 2.04 bits per heavy atom. The summed E-state index contributed by atoms with van der Waals surface area (Å²) in [5.74, 6) is -1.39. The summed E-state index contributed by atoms with van der Waals surface area (Å²) in [6, 6.07) is 9.40. The van der Waals surface area contributed by atoms with Crippen LogP contribution >= 0.6 is 0 Å². The Labute approximate surface area is 140 Å². The van der Waals surface area contributed by atoms with Crippen LogP contribution in [0.3, 0.4) is 0 Å². The first-order chi connectivity index (χ1) is 11.9. The number of alkyl halides is 3. The lowest BCUT2D eigenvalue weighted by atomic mass is 10.3. The normalized spacial score (nSPS) is 12.6. The molecule has 0 saturated heterocycles. The number of halogens is 3. The minimum atomic E-state index is -4.67. The summed E-state index contributed by atoms with van der Waals surface area (Å²) >= 11 is 0. The molecule has 0 aliphatic rings. The molecule has 0 atom stereocenters. The van der Waals surface area contributed by atoms with E-state index in [0.717, 1.165) is 4.57 Å². The van der Waals surface area contributed by atoms with E-state index in [1.54, 1.807) is 31.2 Å². The highest BCUT2D eigenvalue weighted by molar-refractivity contribution is 5.96. The molecule has 0 radical (unpaired) electrons. The zero-order valence-corrected chi connectivity index (χ0v) is 13.0. The molecule has 1 aromatic carbocycles. The number of aromatic nitrogens is 2. The number of benzene rings is 1. The quantitative estimate of drug-likeness (QED) is 0.580. The maximum absolute atomic E-state index is 13.2. The summed E-state index contributed by atoms with van der Waals surface area (Å²) in [4.78, 5) is 15.6. The molecule has 0 unspecified atom stereocenters. The van der Waals surface area contributed by atoms with Gasteiger partial charge >= 0.3 is 6.18 Å². The van der Waals surface area contributed by atoms with Crippen LogP contribution < -0.4 is 5.43 Å². The summed E-state index contributed by atoms with van der Waals surface area (Å²) in [6.45, 7) is 1.04. The van der Waals surface area contributed by atoms with Crippen LogP contribution in [0.1, 0.15) is 18.5 Å². The van der Waals surface area contributed by atoms with Gasteiger partial charge in [-0.2, -0.15) is 18.3 Å². The van der Waals surface area contributed by atoms with E-state index in [1.165, 1.54) is 18.4 Å². The number of nitrogens with one attached hydrogen (secondary N) is 1. The van der Waals surface area contributed by atoms with Gasteiger partial charge in [0, 0.05) is 0 Å². The minimum Gasteiger partial charge on any atom is -0.463 e. The fourth-order valence-electron chi connectivity index (χ4n) is 2.32. The Morgan fingerprint density at radius 3 is 2.72 bits per heavy atom. The number of para-hydroxylation sites is 2. The molecule has 130 valence electrons. The fraction of sp³-hybridized carbons (Fsp3) is 0.188. The van der Waals surface area contributed by atoms with Crippen molar-refractivity contribution < 1.29 is 22.4 Å². The number of carbonyl (C=O) groups excluding carboxylic acids is 1. The maximum atomic E-state index is 13.2. The van der Waals surface area contributed by atoms with Crippen LogP contribution in [0, 0.1) is 0 Å². The van der Waals surface area contributed by atoms with E-state index >= 15 is 0 Å². The molecule has 0 saturated carbocycles. The SMILES string of the molecule is CC(=NNC(=O)Cn1c(C(F)(F)F)nc2ccccc21)c1ccco1. The van der Waals surface area contributed by atoms with Crippen LogP contribution in [-0.2, 0) is 17.5 Å². The molecule has 3 rings (SSSR count). The third kappa shape index (κ3) is 3.54. The van der Waals surface area contributed by atoms with E-state index in [2.05, 4.69) is 15.5 Å². The summed E-state index contributed by atoms with van der Waals surface area (Å²) in [5, 5.41) is 3.83. The number of hydrogen-bond donors (Lipinski definition) is 1. The van der Waals surface area contributed by atoms with Crippen molar-refractivity contribution in [2.75, 3.05) is 0 Å². The lowest BCUT2D eigenvalue weighted by Crippen LogP contribution is -2.27. The van der Waals surface area contributed by atoms with Gasteiger partial charge in [0.2, 0.25) is 5.82 Å². The van der Waals surface area contributed by atoms with Crippen LogP contribution in [0.2, 0.25) is 0 Å². The first-order valence-electron chi connectivity index (χ1n) is 7.26. The van der Waals surface area contributed by atoms with E-state index in [4.69, 9.17) is 4.42 Å². The van der Waals surface area contributed by atoms with Gasteiger partial charge < -0.3 is 8.98 Å².